The number of nitrogens with zero attached hydrogens (tertiary/aromatic N) is 1. The fourth-order valence-electron chi connectivity index (χ4n) is 1.77. The molecule has 0 aliphatic heterocycles. The van der Waals surface area contributed by atoms with Crippen LogP contribution < -0.4 is 5.14 Å². The van der Waals surface area contributed by atoms with Gasteiger partial charge in [-0.3, -0.25) is 4.79 Å². The number of rotatable bonds is 4. The van der Waals surface area contributed by atoms with Gasteiger partial charge in [0, 0.05) is 13.6 Å². The Kier molecular flexibility index (Phi) is 4.82. The molecule has 0 heterocycles. The van der Waals surface area contributed by atoms with Crippen LogP contribution in [0.25, 0.3) is 0 Å². The second-order valence-electron chi connectivity index (χ2n) is 4.86. The maximum atomic E-state index is 14.0. The number of carbonyl (C=O) groups excluding carboxylic acids is 1. The van der Waals surface area contributed by atoms with Gasteiger partial charge in [0.1, 0.15) is 16.3 Å². The van der Waals surface area contributed by atoms with Crippen LogP contribution in [0.15, 0.2) is 17.0 Å². The number of benzene rings is 1. The van der Waals surface area contributed by atoms with Gasteiger partial charge in [-0.25, -0.2) is 22.3 Å². The number of carbonyl (C=O) groups is 1. The number of sulfonamides is 1. The van der Waals surface area contributed by atoms with Crippen molar-refractivity contribution in [3.63, 3.8) is 0 Å². The summed E-state index contributed by atoms with van der Waals surface area (Å²) in [5.74, 6) is -3.43. The lowest BCUT2D eigenvalue weighted by molar-refractivity contribution is 0.0768. The molecular weight excluding hydrogens is 290 g/mol. The van der Waals surface area contributed by atoms with E-state index < -0.39 is 38.0 Å². The van der Waals surface area contributed by atoms with Crippen LogP contribution in [0, 0.1) is 17.6 Å². The number of hydrogen-bond donors (Lipinski definition) is 1. The molecule has 0 bridgehead atoms. The van der Waals surface area contributed by atoms with Crippen molar-refractivity contribution >= 4 is 15.9 Å². The number of halogens is 2. The molecule has 1 rings (SSSR count). The summed E-state index contributed by atoms with van der Waals surface area (Å²) in [4.78, 5) is 12.2. The topological polar surface area (TPSA) is 80.5 Å². The fraction of sp³-hybridized carbons (Fsp3) is 0.417. The van der Waals surface area contributed by atoms with Crippen molar-refractivity contribution in [1.29, 1.82) is 0 Å². The lowest BCUT2D eigenvalue weighted by atomic mass is 10.1. The van der Waals surface area contributed by atoms with Gasteiger partial charge in [-0.2, -0.15) is 0 Å². The molecule has 0 aliphatic rings. The third kappa shape index (κ3) is 3.51. The van der Waals surface area contributed by atoms with E-state index in [2.05, 4.69) is 0 Å². The van der Waals surface area contributed by atoms with Crippen LogP contribution in [0.5, 0.6) is 0 Å². The Hall–Kier alpha value is -1.54. The lowest BCUT2D eigenvalue weighted by Gasteiger charge is -2.20. The molecule has 0 unspecified atom stereocenters. The minimum absolute atomic E-state index is 0.0940. The highest BCUT2D eigenvalue weighted by molar-refractivity contribution is 7.89. The first-order chi connectivity index (χ1) is 9.05. The van der Waals surface area contributed by atoms with Gasteiger partial charge in [-0.1, -0.05) is 13.8 Å². The molecule has 112 valence electrons. The normalized spacial score (nSPS) is 11.8. The summed E-state index contributed by atoms with van der Waals surface area (Å²) in [5.41, 5.74) is -0.917. The van der Waals surface area contributed by atoms with Crippen LogP contribution >= 0.6 is 0 Å². The van der Waals surface area contributed by atoms with Crippen molar-refractivity contribution in [3.05, 3.63) is 29.3 Å². The molecule has 1 amide bonds. The van der Waals surface area contributed by atoms with Crippen molar-refractivity contribution in [2.75, 3.05) is 13.6 Å². The van der Waals surface area contributed by atoms with Gasteiger partial charge in [0.25, 0.3) is 5.91 Å². The smallest absolute Gasteiger partial charge is 0.259 e. The van der Waals surface area contributed by atoms with Gasteiger partial charge in [0.05, 0.1) is 0 Å². The monoisotopic (exact) mass is 306 g/mol. The molecule has 0 spiro atoms. The summed E-state index contributed by atoms with van der Waals surface area (Å²) in [6.07, 6.45) is 0. The average Bonchev–Trinajstić information content (AvgIpc) is 2.25. The van der Waals surface area contributed by atoms with Crippen LogP contribution in [0.4, 0.5) is 8.78 Å². The van der Waals surface area contributed by atoms with E-state index in [1.165, 1.54) is 7.05 Å². The minimum Gasteiger partial charge on any atom is -0.341 e. The minimum atomic E-state index is -4.37. The summed E-state index contributed by atoms with van der Waals surface area (Å²) < 4.78 is 50.0. The second kappa shape index (κ2) is 5.84. The van der Waals surface area contributed by atoms with Gasteiger partial charge in [0.2, 0.25) is 10.0 Å². The first-order valence-electron chi connectivity index (χ1n) is 5.82. The zero-order valence-electron chi connectivity index (χ0n) is 11.4. The summed E-state index contributed by atoms with van der Waals surface area (Å²) in [7, 11) is -2.99. The lowest BCUT2D eigenvalue weighted by Crippen LogP contribution is -2.32. The highest BCUT2D eigenvalue weighted by atomic mass is 32.2. The Morgan fingerprint density at radius 2 is 1.90 bits per heavy atom. The summed E-state index contributed by atoms with van der Waals surface area (Å²) in [6, 6.07) is 1.40. The van der Waals surface area contributed by atoms with Gasteiger partial charge in [-0.15, -0.1) is 0 Å². The highest BCUT2D eigenvalue weighted by Gasteiger charge is 2.27. The van der Waals surface area contributed by atoms with Crippen LogP contribution in [-0.2, 0) is 10.0 Å². The van der Waals surface area contributed by atoms with E-state index in [0.29, 0.717) is 12.1 Å². The van der Waals surface area contributed by atoms with Crippen LogP contribution in [0.3, 0.4) is 0 Å². The number of nitrogens with two attached hydrogens (primary N) is 1. The Morgan fingerprint density at radius 3 is 2.35 bits per heavy atom. The molecule has 1 aromatic rings. The Morgan fingerprint density at radius 1 is 1.35 bits per heavy atom. The van der Waals surface area contributed by atoms with Crippen molar-refractivity contribution < 1.29 is 22.0 Å². The molecule has 5 nitrogen and oxygen atoms in total. The summed E-state index contributed by atoms with van der Waals surface area (Å²) in [6.45, 7) is 3.94. The predicted molar refractivity (Wildman–Crippen MR) is 69.5 cm³/mol. The second-order valence-corrected chi connectivity index (χ2v) is 6.39. The molecule has 20 heavy (non-hydrogen) atoms. The number of primary sulfonamides is 1. The Labute approximate surface area is 116 Å². The molecule has 0 aliphatic carbocycles. The van der Waals surface area contributed by atoms with E-state index in [0.717, 1.165) is 4.90 Å². The van der Waals surface area contributed by atoms with Gasteiger partial charge in [-0.05, 0) is 18.1 Å². The molecule has 0 fully saturated rings. The summed E-state index contributed by atoms with van der Waals surface area (Å²) in [5, 5.41) is 4.82. The summed E-state index contributed by atoms with van der Waals surface area (Å²) >= 11 is 0. The quantitative estimate of drug-likeness (QED) is 0.911. The fourth-order valence-corrected chi connectivity index (χ4v) is 2.38. The maximum absolute atomic E-state index is 14.0. The zero-order valence-corrected chi connectivity index (χ0v) is 12.2. The average molecular weight is 306 g/mol. The molecule has 0 atom stereocenters. The molecular formula is C12H16F2N2O3S. The van der Waals surface area contributed by atoms with E-state index in [1.54, 1.807) is 0 Å². The zero-order chi connectivity index (χ0) is 15.7. The predicted octanol–water partition coefficient (Wildman–Crippen LogP) is 1.34. The molecule has 8 heteroatoms. The molecule has 0 saturated heterocycles. The van der Waals surface area contributed by atoms with E-state index >= 15 is 0 Å². The van der Waals surface area contributed by atoms with Crippen molar-refractivity contribution in [1.82, 2.24) is 4.90 Å². The molecule has 0 aromatic heterocycles. The van der Waals surface area contributed by atoms with Crippen molar-refractivity contribution in [2.24, 2.45) is 11.1 Å². The van der Waals surface area contributed by atoms with Gasteiger partial charge >= 0.3 is 0 Å². The van der Waals surface area contributed by atoms with E-state index in [1.807, 2.05) is 13.8 Å². The maximum Gasteiger partial charge on any atom is 0.259 e. The van der Waals surface area contributed by atoms with E-state index in [-0.39, 0.29) is 12.5 Å². The van der Waals surface area contributed by atoms with Crippen molar-refractivity contribution in [2.45, 2.75) is 18.7 Å². The largest absolute Gasteiger partial charge is 0.341 e. The highest BCUT2D eigenvalue weighted by Crippen LogP contribution is 2.21. The van der Waals surface area contributed by atoms with Crippen LogP contribution in [-0.4, -0.2) is 32.8 Å². The molecule has 1 aromatic carbocycles. The number of amides is 1. The van der Waals surface area contributed by atoms with Crippen LogP contribution in [0.2, 0.25) is 0 Å². The molecule has 2 N–H and O–H groups in total. The van der Waals surface area contributed by atoms with Gasteiger partial charge in [0.15, 0.2) is 5.82 Å². The SMILES string of the molecule is CC(C)CN(C)C(=O)c1c(F)ccc(S(N)(=O)=O)c1F. The molecule has 0 radical (unpaired) electrons. The standard InChI is InChI=1S/C12H16F2N2O3S/c1-7(2)6-16(3)12(17)10-8(13)4-5-9(11(10)14)20(15,18)19/h4-5,7H,6H2,1-3H3,(H2,15,18,19). The number of hydrogen-bond acceptors (Lipinski definition) is 3. The molecule has 0 saturated carbocycles. The van der Waals surface area contributed by atoms with Crippen LogP contribution in [0.1, 0.15) is 24.2 Å². The first kappa shape index (κ1) is 16.5. The van der Waals surface area contributed by atoms with Gasteiger partial charge < -0.3 is 4.90 Å². The van der Waals surface area contributed by atoms with Crippen molar-refractivity contribution in [3.8, 4) is 0 Å². The first-order valence-corrected chi connectivity index (χ1v) is 7.36. The Balaban J connectivity index is 3.35. The Bertz CT molecular complexity index is 630. The van der Waals surface area contributed by atoms with E-state index in [4.69, 9.17) is 5.14 Å². The van der Waals surface area contributed by atoms with E-state index in [9.17, 15) is 22.0 Å². The third-order valence-electron chi connectivity index (χ3n) is 2.56. The third-order valence-corrected chi connectivity index (χ3v) is 3.49.